The van der Waals surface area contributed by atoms with Gasteiger partial charge in [0.2, 0.25) is 0 Å². The SMILES string of the molecule is CC.CC(C[C@@H](CC(=O)O)NC(=O)c1cc(-c2ccccc2C(F)(F)F)n(C2CCCC2)n1)N1CCCC(F)(F)C1. The number of amides is 1. The first-order valence-corrected chi connectivity index (χ1v) is 14.2. The summed E-state index contributed by atoms with van der Waals surface area (Å²) in [6, 6.07) is 4.94. The van der Waals surface area contributed by atoms with Gasteiger partial charge < -0.3 is 10.4 Å². The summed E-state index contributed by atoms with van der Waals surface area (Å²) in [6.45, 7) is 5.72. The van der Waals surface area contributed by atoms with Crippen LogP contribution < -0.4 is 5.32 Å². The Morgan fingerprint density at radius 1 is 1.15 bits per heavy atom. The minimum atomic E-state index is -4.61. The lowest BCUT2D eigenvalue weighted by atomic mass is 9.99. The van der Waals surface area contributed by atoms with Gasteiger partial charge in [0.15, 0.2) is 5.69 Å². The van der Waals surface area contributed by atoms with Crippen molar-refractivity contribution in [3.05, 3.63) is 41.6 Å². The number of halogens is 5. The molecule has 7 nitrogen and oxygen atoms in total. The highest BCUT2D eigenvalue weighted by molar-refractivity contribution is 5.94. The zero-order valence-corrected chi connectivity index (χ0v) is 23.7. The van der Waals surface area contributed by atoms with Crippen LogP contribution in [-0.2, 0) is 11.0 Å². The van der Waals surface area contributed by atoms with Crippen LogP contribution in [0.15, 0.2) is 30.3 Å². The molecule has 1 aliphatic heterocycles. The molecular formula is C29H39F5N4O3. The highest BCUT2D eigenvalue weighted by Crippen LogP contribution is 2.40. The van der Waals surface area contributed by atoms with Gasteiger partial charge in [-0.3, -0.25) is 19.2 Å². The molecule has 1 saturated carbocycles. The molecule has 0 radical (unpaired) electrons. The second kappa shape index (κ2) is 13.8. The summed E-state index contributed by atoms with van der Waals surface area (Å²) in [4.78, 5) is 26.4. The summed E-state index contributed by atoms with van der Waals surface area (Å²) in [5, 5.41) is 16.5. The first kappa shape index (κ1) is 32.5. The number of aromatic nitrogens is 2. The van der Waals surface area contributed by atoms with Crippen molar-refractivity contribution < 1.29 is 36.6 Å². The number of hydrogen-bond donors (Lipinski definition) is 2. The number of nitrogens with one attached hydrogen (secondary N) is 1. The Hall–Kier alpha value is -3.02. The van der Waals surface area contributed by atoms with Gasteiger partial charge >= 0.3 is 12.1 Å². The number of nitrogens with zero attached hydrogens (tertiary/aromatic N) is 3. The number of alkyl halides is 5. The normalized spacial score (nSPS) is 19.2. The van der Waals surface area contributed by atoms with Crippen LogP contribution in [-0.4, -0.2) is 62.8 Å². The van der Waals surface area contributed by atoms with Gasteiger partial charge in [-0.25, -0.2) is 8.78 Å². The number of carboxylic acid groups (broad SMARTS) is 1. The fourth-order valence-electron chi connectivity index (χ4n) is 5.68. The number of carbonyl (C=O) groups is 2. The molecule has 1 unspecified atom stereocenters. The molecule has 1 saturated heterocycles. The van der Waals surface area contributed by atoms with Crippen molar-refractivity contribution in [3.63, 3.8) is 0 Å². The topological polar surface area (TPSA) is 87.5 Å². The molecule has 1 aliphatic carbocycles. The number of carbonyl (C=O) groups excluding carboxylic acids is 1. The van der Waals surface area contributed by atoms with Gasteiger partial charge in [0, 0.05) is 24.1 Å². The average Bonchev–Trinajstić information content (AvgIpc) is 3.59. The Kier molecular flexibility index (Phi) is 10.9. The van der Waals surface area contributed by atoms with Gasteiger partial charge in [-0.15, -0.1) is 0 Å². The maximum Gasteiger partial charge on any atom is 0.417 e. The average molecular weight is 587 g/mol. The van der Waals surface area contributed by atoms with Crippen molar-refractivity contribution in [2.24, 2.45) is 0 Å². The highest BCUT2D eigenvalue weighted by atomic mass is 19.4. The Bertz CT molecular complexity index is 1180. The fourth-order valence-corrected chi connectivity index (χ4v) is 5.68. The molecule has 228 valence electrons. The molecule has 2 aromatic rings. The molecule has 2 fully saturated rings. The second-order valence-electron chi connectivity index (χ2n) is 10.6. The lowest BCUT2D eigenvalue weighted by Gasteiger charge is -2.37. The number of aliphatic carboxylic acids is 1. The van der Waals surface area contributed by atoms with Crippen LogP contribution in [0.25, 0.3) is 11.3 Å². The molecular weight excluding hydrogens is 547 g/mol. The van der Waals surface area contributed by atoms with Crippen LogP contribution in [0.2, 0.25) is 0 Å². The van der Waals surface area contributed by atoms with Gasteiger partial charge in [0.05, 0.1) is 30.3 Å². The van der Waals surface area contributed by atoms with E-state index in [1.165, 1.54) is 28.9 Å². The van der Waals surface area contributed by atoms with E-state index < -0.39 is 54.6 Å². The van der Waals surface area contributed by atoms with Crippen molar-refractivity contribution in [2.45, 2.75) is 102 Å². The van der Waals surface area contributed by atoms with E-state index in [9.17, 15) is 36.6 Å². The Balaban J connectivity index is 0.00000226. The molecule has 0 bridgehead atoms. The molecule has 2 N–H and O–H groups in total. The van der Waals surface area contributed by atoms with Gasteiger partial charge in [-0.05, 0) is 51.3 Å². The number of hydrogen-bond acceptors (Lipinski definition) is 4. The van der Waals surface area contributed by atoms with Crippen LogP contribution in [0, 0.1) is 0 Å². The molecule has 0 spiro atoms. The third kappa shape index (κ3) is 8.50. The zero-order chi connectivity index (χ0) is 30.4. The molecule has 2 heterocycles. The molecule has 1 aromatic carbocycles. The first-order valence-electron chi connectivity index (χ1n) is 14.2. The van der Waals surface area contributed by atoms with Gasteiger partial charge in [-0.1, -0.05) is 44.9 Å². The Labute approximate surface area is 237 Å². The summed E-state index contributed by atoms with van der Waals surface area (Å²) in [5.41, 5.74) is -0.891. The molecule has 1 amide bonds. The number of benzene rings is 1. The molecule has 2 atom stereocenters. The van der Waals surface area contributed by atoms with Crippen molar-refractivity contribution in [3.8, 4) is 11.3 Å². The van der Waals surface area contributed by atoms with Gasteiger partial charge in [-0.2, -0.15) is 18.3 Å². The molecule has 41 heavy (non-hydrogen) atoms. The molecule has 4 rings (SSSR count). The first-order chi connectivity index (χ1) is 19.3. The zero-order valence-electron chi connectivity index (χ0n) is 23.7. The van der Waals surface area contributed by atoms with Crippen molar-refractivity contribution in [2.75, 3.05) is 13.1 Å². The van der Waals surface area contributed by atoms with Crippen LogP contribution >= 0.6 is 0 Å². The summed E-state index contributed by atoms with van der Waals surface area (Å²) in [6.07, 6.45) is -1.62. The van der Waals surface area contributed by atoms with Gasteiger partial charge in [0.1, 0.15) is 0 Å². The smallest absolute Gasteiger partial charge is 0.417 e. The standard InChI is InChI=1S/C27H33F5N4O3.C2H6/c1-17(35-12-6-11-26(28,29)16-35)13-18(14-24(37)38)33-25(39)22-15-23(36(34-22)19-7-2-3-8-19)20-9-4-5-10-21(20)27(30,31)32;1-2/h4-5,9-10,15,17-19H,2-3,6-8,11-14,16H2,1H3,(H,33,39)(H,37,38);1-2H3/t17?,18-;/m0./s1. The van der Waals surface area contributed by atoms with Crippen molar-refractivity contribution in [1.82, 2.24) is 20.0 Å². The van der Waals surface area contributed by atoms with Crippen LogP contribution in [0.1, 0.15) is 94.2 Å². The summed E-state index contributed by atoms with van der Waals surface area (Å²) in [7, 11) is 0. The number of likely N-dealkylation sites (tertiary alicyclic amines) is 1. The van der Waals surface area contributed by atoms with E-state index in [0.717, 1.165) is 18.9 Å². The third-order valence-corrected chi connectivity index (χ3v) is 7.57. The summed E-state index contributed by atoms with van der Waals surface area (Å²) < 4.78 is 70.7. The van der Waals surface area contributed by atoms with Gasteiger partial charge in [0.25, 0.3) is 11.8 Å². The predicted molar refractivity (Wildman–Crippen MR) is 145 cm³/mol. The Morgan fingerprint density at radius 2 is 1.80 bits per heavy atom. The maximum atomic E-state index is 13.9. The monoisotopic (exact) mass is 586 g/mol. The van der Waals surface area contributed by atoms with E-state index in [0.29, 0.717) is 25.8 Å². The van der Waals surface area contributed by atoms with E-state index in [4.69, 9.17) is 0 Å². The van der Waals surface area contributed by atoms with E-state index in [2.05, 4.69) is 10.4 Å². The number of piperidine rings is 1. The van der Waals surface area contributed by atoms with E-state index in [1.54, 1.807) is 11.8 Å². The quantitative estimate of drug-likeness (QED) is 0.316. The van der Waals surface area contributed by atoms with Crippen molar-refractivity contribution in [1.29, 1.82) is 0 Å². The number of carboxylic acids is 1. The minimum Gasteiger partial charge on any atom is -0.481 e. The summed E-state index contributed by atoms with van der Waals surface area (Å²) >= 11 is 0. The molecule has 12 heteroatoms. The minimum absolute atomic E-state index is 0.0924. The molecule has 2 aliphatic rings. The maximum absolute atomic E-state index is 13.9. The summed E-state index contributed by atoms with van der Waals surface area (Å²) in [5.74, 6) is -4.72. The predicted octanol–water partition coefficient (Wildman–Crippen LogP) is 6.79. The highest BCUT2D eigenvalue weighted by Gasteiger charge is 2.38. The van der Waals surface area contributed by atoms with Crippen molar-refractivity contribution >= 4 is 11.9 Å². The van der Waals surface area contributed by atoms with E-state index in [-0.39, 0.29) is 35.8 Å². The van der Waals surface area contributed by atoms with Crippen LogP contribution in [0.3, 0.4) is 0 Å². The Morgan fingerprint density at radius 3 is 2.41 bits per heavy atom. The fraction of sp³-hybridized carbons (Fsp3) is 0.621. The lowest BCUT2D eigenvalue weighted by Crippen LogP contribution is -2.49. The largest absolute Gasteiger partial charge is 0.481 e. The second-order valence-corrected chi connectivity index (χ2v) is 10.6. The van der Waals surface area contributed by atoms with E-state index in [1.807, 2.05) is 13.8 Å². The van der Waals surface area contributed by atoms with Crippen LogP contribution in [0.5, 0.6) is 0 Å². The third-order valence-electron chi connectivity index (χ3n) is 7.57. The lowest BCUT2D eigenvalue weighted by molar-refractivity contribution is -0.138. The number of rotatable bonds is 9. The van der Waals surface area contributed by atoms with E-state index >= 15 is 0 Å². The molecule has 1 aromatic heterocycles. The van der Waals surface area contributed by atoms with Crippen LogP contribution in [0.4, 0.5) is 22.0 Å².